The Labute approximate surface area is 159 Å². The zero-order valence-electron chi connectivity index (χ0n) is 15.4. The summed E-state index contributed by atoms with van der Waals surface area (Å²) in [6, 6.07) is 6.96. The quantitative estimate of drug-likeness (QED) is 0.802. The van der Waals surface area contributed by atoms with Gasteiger partial charge in [-0.2, -0.15) is 0 Å². The highest BCUT2D eigenvalue weighted by atomic mass is 35.5. The molecule has 2 aliphatic rings. The Kier molecular flexibility index (Phi) is 6.16. The molecule has 2 heterocycles. The van der Waals surface area contributed by atoms with Gasteiger partial charge in [-0.1, -0.05) is 11.6 Å². The fourth-order valence-corrected chi connectivity index (χ4v) is 3.68. The number of halogens is 1. The van der Waals surface area contributed by atoms with Crippen molar-refractivity contribution in [1.82, 2.24) is 14.7 Å². The van der Waals surface area contributed by atoms with E-state index in [1.807, 2.05) is 23.6 Å². The van der Waals surface area contributed by atoms with Crippen molar-refractivity contribution in [1.29, 1.82) is 0 Å². The Morgan fingerprint density at radius 2 is 1.58 bits per heavy atom. The highest BCUT2D eigenvalue weighted by Gasteiger charge is 2.28. The third-order valence-electron chi connectivity index (χ3n) is 4.88. The van der Waals surface area contributed by atoms with E-state index in [2.05, 4.69) is 4.90 Å². The third kappa shape index (κ3) is 4.75. The molecule has 0 aromatic heterocycles. The number of morpholine rings is 1. The van der Waals surface area contributed by atoms with Gasteiger partial charge in [0, 0.05) is 49.9 Å². The zero-order chi connectivity index (χ0) is 18.7. The standard InChI is InChI=1S/C19H26ClN3O3/c1-14-11-23(12-15(2)26-14)18(24)13-21-7-9-22(10-8-21)19(25)16-3-5-17(20)6-4-16/h3-6,14-15H,7-13H2,1-2H3. The van der Waals surface area contributed by atoms with Gasteiger partial charge < -0.3 is 14.5 Å². The van der Waals surface area contributed by atoms with Crippen LogP contribution in [0.15, 0.2) is 24.3 Å². The number of hydrogen-bond acceptors (Lipinski definition) is 4. The van der Waals surface area contributed by atoms with Crippen molar-refractivity contribution in [2.45, 2.75) is 26.1 Å². The number of carbonyl (C=O) groups is 2. The molecular formula is C19H26ClN3O3. The number of hydrogen-bond donors (Lipinski definition) is 0. The Bertz CT molecular complexity index is 634. The lowest BCUT2D eigenvalue weighted by atomic mass is 10.2. The van der Waals surface area contributed by atoms with Crippen molar-refractivity contribution in [2.24, 2.45) is 0 Å². The monoisotopic (exact) mass is 379 g/mol. The van der Waals surface area contributed by atoms with Gasteiger partial charge in [-0.05, 0) is 38.1 Å². The summed E-state index contributed by atoms with van der Waals surface area (Å²) in [6.45, 7) is 8.38. The highest BCUT2D eigenvalue weighted by molar-refractivity contribution is 6.30. The van der Waals surface area contributed by atoms with Crippen molar-refractivity contribution in [2.75, 3.05) is 45.8 Å². The van der Waals surface area contributed by atoms with Crippen molar-refractivity contribution in [3.63, 3.8) is 0 Å². The molecule has 0 spiro atoms. The Morgan fingerprint density at radius 3 is 2.15 bits per heavy atom. The summed E-state index contributed by atoms with van der Waals surface area (Å²) in [4.78, 5) is 30.9. The zero-order valence-corrected chi connectivity index (χ0v) is 16.1. The predicted molar refractivity (Wildman–Crippen MR) is 100 cm³/mol. The van der Waals surface area contributed by atoms with Gasteiger partial charge >= 0.3 is 0 Å². The smallest absolute Gasteiger partial charge is 0.253 e. The van der Waals surface area contributed by atoms with E-state index < -0.39 is 0 Å². The number of ether oxygens (including phenoxy) is 1. The van der Waals surface area contributed by atoms with Gasteiger partial charge in [0.05, 0.1) is 18.8 Å². The number of carbonyl (C=O) groups excluding carboxylic acids is 2. The average molecular weight is 380 g/mol. The molecule has 0 saturated carbocycles. The summed E-state index contributed by atoms with van der Waals surface area (Å²) < 4.78 is 5.69. The number of piperazine rings is 1. The first-order valence-electron chi connectivity index (χ1n) is 9.13. The molecule has 142 valence electrons. The molecule has 3 rings (SSSR count). The average Bonchev–Trinajstić information content (AvgIpc) is 2.61. The summed E-state index contributed by atoms with van der Waals surface area (Å²) in [5.41, 5.74) is 0.648. The topological polar surface area (TPSA) is 53.1 Å². The van der Waals surface area contributed by atoms with Crippen LogP contribution in [0, 0.1) is 0 Å². The number of rotatable bonds is 3. The van der Waals surface area contributed by atoms with Crippen LogP contribution in [-0.4, -0.2) is 84.5 Å². The molecule has 2 atom stereocenters. The van der Waals surface area contributed by atoms with Gasteiger partial charge in [-0.3, -0.25) is 14.5 Å². The molecule has 2 fully saturated rings. The summed E-state index contributed by atoms with van der Waals surface area (Å²) >= 11 is 5.88. The molecule has 0 N–H and O–H groups in total. The number of benzene rings is 1. The van der Waals surface area contributed by atoms with Crippen molar-refractivity contribution < 1.29 is 14.3 Å². The third-order valence-corrected chi connectivity index (χ3v) is 5.13. The largest absolute Gasteiger partial charge is 0.372 e. The molecule has 7 heteroatoms. The predicted octanol–water partition coefficient (Wildman–Crippen LogP) is 1.73. The molecule has 0 radical (unpaired) electrons. The van der Waals surface area contributed by atoms with Crippen LogP contribution in [0.1, 0.15) is 24.2 Å². The Balaban J connectivity index is 1.48. The summed E-state index contributed by atoms with van der Waals surface area (Å²) in [5.74, 6) is 0.160. The molecule has 0 bridgehead atoms. The van der Waals surface area contributed by atoms with Gasteiger partial charge in [0.1, 0.15) is 0 Å². The lowest BCUT2D eigenvalue weighted by Crippen LogP contribution is -2.54. The molecular weight excluding hydrogens is 354 g/mol. The van der Waals surface area contributed by atoms with Crippen LogP contribution in [-0.2, 0) is 9.53 Å². The normalized spacial score (nSPS) is 24.6. The van der Waals surface area contributed by atoms with Crippen LogP contribution < -0.4 is 0 Å². The summed E-state index contributed by atoms with van der Waals surface area (Å²) in [7, 11) is 0. The maximum atomic E-state index is 12.6. The fourth-order valence-electron chi connectivity index (χ4n) is 3.56. The van der Waals surface area contributed by atoms with Gasteiger partial charge in [-0.15, -0.1) is 0 Å². The molecule has 0 aliphatic carbocycles. The molecule has 6 nitrogen and oxygen atoms in total. The fraction of sp³-hybridized carbons (Fsp3) is 0.579. The maximum Gasteiger partial charge on any atom is 0.253 e. The molecule has 26 heavy (non-hydrogen) atoms. The lowest BCUT2D eigenvalue weighted by Gasteiger charge is -2.38. The minimum Gasteiger partial charge on any atom is -0.372 e. The van der Waals surface area contributed by atoms with Crippen LogP contribution in [0.2, 0.25) is 5.02 Å². The van der Waals surface area contributed by atoms with E-state index in [-0.39, 0.29) is 24.0 Å². The first-order valence-corrected chi connectivity index (χ1v) is 9.50. The van der Waals surface area contributed by atoms with Crippen LogP contribution in [0.5, 0.6) is 0 Å². The molecule has 2 saturated heterocycles. The van der Waals surface area contributed by atoms with Crippen LogP contribution in [0.25, 0.3) is 0 Å². The first-order chi connectivity index (χ1) is 12.4. The van der Waals surface area contributed by atoms with E-state index in [9.17, 15) is 9.59 Å². The Hall–Kier alpha value is -1.63. The van der Waals surface area contributed by atoms with E-state index in [4.69, 9.17) is 16.3 Å². The summed E-state index contributed by atoms with van der Waals surface area (Å²) in [6.07, 6.45) is 0.160. The molecule has 2 aliphatic heterocycles. The SMILES string of the molecule is CC1CN(C(=O)CN2CCN(C(=O)c3ccc(Cl)cc3)CC2)CC(C)O1. The van der Waals surface area contributed by atoms with Crippen LogP contribution in [0.3, 0.4) is 0 Å². The van der Waals surface area contributed by atoms with E-state index in [1.54, 1.807) is 24.3 Å². The van der Waals surface area contributed by atoms with E-state index in [1.165, 1.54) is 0 Å². The van der Waals surface area contributed by atoms with Gasteiger partial charge in [0.25, 0.3) is 5.91 Å². The molecule has 1 aromatic rings. The van der Waals surface area contributed by atoms with Crippen molar-refractivity contribution >= 4 is 23.4 Å². The van der Waals surface area contributed by atoms with E-state index >= 15 is 0 Å². The van der Waals surface area contributed by atoms with Crippen LogP contribution in [0.4, 0.5) is 0 Å². The molecule has 2 amide bonds. The van der Waals surface area contributed by atoms with Gasteiger partial charge in [0.15, 0.2) is 0 Å². The molecule has 1 aromatic carbocycles. The van der Waals surface area contributed by atoms with Gasteiger partial charge in [0.2, 0.25) is 5.91 Å². The highest BCUT2D eigenvalue weighted by Crippen LogP contribution is 2.14. The summed E-state index contributed by atoms with van der Waals surface area (Å²) in [5, 5.41) is 0.622. The minimum absolute atomic E-state index is 0.0171. The number of amides is 2. The molecule has 2 unspecified atom stereocenters. The van der Waals surface area contributed by atoms with E-state index in [0.717, 1.165) is 0 Å². The number of nitrogens with zero attached hydrogens (tertiary/aromatic N) is 3. The second-order valence-corrected chi connectivity index (χ2v) is 7.57. The van der Waals surface area contributed by atoms with Gasteiger partial charge in [-0.25, -0.2) is 0 Å². The lowest BCUT2D eigenvalue weighted by molar-refractivity contribution is -0.144. The van der Waals surface area contributed by atoms with Crippen LogP contribution >= 0.6 is 11.6 Å². The minimum atomic E-state index is 0.0171. The first kappa shape index (κ1) is 19.1. The van der Waals surface area contributed by atoms with Crippen molar-refractivity contribution in [3.8, 4) is 0 Å². The second kappa shape index (κ2) is 8.37. The maximum absolute atomic E-state index is 12.6. The second-order valence-electron chi connectivity index (χ2n) is 7.13. The van der Waals surface area contributed by atoms with E-state index in [0.29, 0.717) is 56.4 Å². The van der Waals surface area contributed by atoms with Crippen molar-refractivity contribution in [3.05, 3.63) is 34.9 Å². The Morgan fingerprint density at radius 1 is 1.00 bits per heavy atom.